The lowest BCUT2D eigenvalue weighted by Gasteiger charge is -2.09. The minimum absolute atomic E-state index is 0.434. The smallest absolute Gasteiger partial charge is 0.207 e. The highest BCUT2D eigenvalue weighted by Gasteiger charge is 2.03. The van der Waals surface area contributed by atoms with Crippen molar-refractivity contribution < 1.29 is 14.3 Å². The summed E-state index contributed by atoms with van der Waals surface area (Å²) in [5, 5.41) is 2.57. The summed E-state index contributed by atoms with van der Waals surface area (Å²) in [6.45, 7) is 0.434. The Labute approximate surface area is 82.8 Å². The van der Waals surface area contributed by atoms with Crippen LogP contribution in [0, 0.1) is 0 Å². The number of benzene rings is 1. The Balaban J connectivity index is 2.89. The molecule has 0 aromatic heterocycles. The molecule has 0 fully saturated rings. The molecule has 0 aliphatic heterocycles. The van der Waals surface area contributed by atoms with Gasteiger partial charge in [0.15, 0.2) is 0 Å². The van der Waals surface area contributed by atoms with Gasteiger partial charge in [-0.2, -0.15) is 0 Å². The standard InChI is InChI=1S/C10H13NO3/c1-13-9-3-4-10(14-2)8(5-9)6-11-7-12/h3-5,7H,6H2,1-2H3,(H,11,12). The zero-order chi connectivity index (χ0) is 10.4. The predicted octanol–water partition coefficient (Wildman–Crippen LogP) is 0.950. The molecule has 0 heterocycles. The van der Waals surface area contributed by atoms with Crippen LogP contribution in [0.15, 0.2) is 18.2 Å². The van der Waals surface area contributed by atoms with Crippen molar-refractivity contribution in [2.75, 3.05) is 14.2 Å². The van der Waals surface area contributed by atoms with Crippen molar-refractivity contribution in [3.05, 3.63) is 23.8 Å². The van der Waals surface area contributed by atoms with Gasteiger partial charge < -0.3 is 14.8 Å². The topological polar surface area (TPSA) is 47.6 Å². The highest BCUT2D eigenvalue weighted by molar-refractivity contribution is 5.48. The van der Waals surface area contributed by atoms with E-state index in [2.05, 4.69) is 5.32 Å². The van der Waals surface area contributed by atoms with Crippen LogP contribution in [0.4, 0.5) is 0 Å². The van der Waals surface area contributed by atoms with E-state index in [0.717, 1.165) is 17.1 Å². The molecule has 0 saturated carbocycles. The third-order valence-corrected chi connectivity index (χ3v) is 1.86. The van der Waals surface area contributed by atoms with E-state index >= 15 is 0 Å². The molecule has 1 aromatic carbocycles. The number of ether oxygens (including phenoxy) is 2. The lowest BCUT2D eigenvalue weighted by molar-refractivity contribution is -0.109. The number of hydrogen-bond donors (Lipinski definition) is 1. The lowest BCUT2D eigenvalue weighted by Crippen LogP contribution is -2.10. The summed E-state index contributed by atoms with van der Waals surface area (Å²) >= 11 is 0. The molecule has 14 heavy (non-hydrogen) atoms. The maximum Gasteiger partial charge on any atom is 0.207 e. The molecule has 0 atom stereocenters. The Kier molecular flexibility index (Phi) is 3.79. The first-order valence-corrected chi connectivity index (χ1v) is 4.19. The van der Waals surface area contributed by atoms with Crippen LogP contribution in [0.5, 0.6) is 11.5 Å². The molecule has 0 saturated heterocycles. The van der Waals surface area contributed by atoms with Crippen molar-refractivity contribution in [3.8, 4) is 11.5 Å². The van der Waals surface area contributed by atoms with Gasteiger partial charge in [0.05, 0.1) is 14.2 Å². The Morgan fingerprint density at radius 3 is 2.71 bits per heavy atom. The minimum Gasteiger partial charge on any atom is -0.497 e. The van der Waals surface area contributed by atoms with E-state index in [-0.39, 0.29) is 0 Å². The molecule has 4 nitrogen and oxygen atoms in total. The zero-order valence-electron chi connectivity index (χ0n) is 8.24. The maximum absolute atomic E-state index is 10.1. The predicted molar refractivity (Wildman–Crippen MR) is 52.4 cm³/mol. The van der Waals surface area contributed by atoms with Crippen LogP contribution >= 0.6 is 0 Å². The Morgan fingerprint density at radius 1 is 1.36 bits per heavy atom. The molecule has 0 radical (unpaired) electrons. The van der Waals surface area contributed by atoms with Crippen LogP contribution in [0.25, 0.3) is 0 Å². The maximum atomic E-state index is 10.1. The second kappa shape index (κ2) is 5.11. The number of hydrogen-bond acceptors (Lipinski definition) is 3. The second-order valence-electron chi connectivity index (χ2n) is 2.68. The van der Waals surface area contributed by atoms with Crippen LogP contribution in [0.1, 0.15) is 5.56 Å². The molecule has 76 valence electrons. The van der Waals surface area contributed by atoms with E-state index in [1.807, 2.05) is 12.1 Å². The molecule has 0 bridgehead atoms. The number of amides is 1. The fourth-order valence-corrected chi connectivity index (χ4v) is 1.17. The van der Waals surface area contributed by atoms with Crippen LogP contribution in [0.3, 0.4) is 0 Å². The molecule has 1 N–H and O–H groups in total. The quantitative estimate of drug-likeness (QED) is 0.711. The molecule has 0 aliphatic carbocycles. The molecule has 1 aromatic rings. The normalized spacial score (nSPS) is 9.29. The van der Waals surface area contributed by atoms with E-state index in [1.54, 1.807) is 20.3 Å². The first-order chi connectivity index (χ1) is 6.81. The Morgan fingerprint density at radius 2 is 2.14 bits per heavy atom. The van der Waals surface area contributed by atoms with E-state index < -0.39 is 0 Å². The number of nitrogens with one attached hydrogen (secondary N) is 1. The van der Waals surface area contributed by atoms with Gasteiger partial charge in [-0.15, -0.1) is 0 Å². The molecule has 4 heteroatoms. The van der Waals surface area contributed by atoms with Crippen molar-refractivity contribution in [1.29, 1.82) is 0 Å². The molecular weight excluding hydrogens is 182 g/mol. The van der Waals surface area contributed by atoms with Crippen molar-refractivity contribution in [2.24, 2.45) is 0 Å². The largest absolute Gasteiger partial charge is 0.497 e. The van der Waals surface area contributed by atoms with Crippen molar-refractivity contribution in [1.82, 2.24) is 5.32 Å². The molecular formula is C10H13NO3. The zero-order valence-corrected chi connectivity index (χ0v) is 8.24. The van der Waals surface area contributed by atoms with Gasteiger partial charge in [0.2, 0.25) is 6.41 Å². The minimum atomic E-state index is 0.434. The molecule has 0 spiro atoms. The fourth-order valence-electron chi connectivity index (χ4n) is 1.17. The highest BCUT2D eigenvalue weighted by Crippen LogP contribution is 2.23. The van der Waals surface area contributed by atoms with Crippen LogP contribution in [-0.2, 0) is 11.3 Å². The fraction of sp³-hybridized carbons (Fsp3) is 0.300. The van der Waals surface area contributed by atoms with E-state index in [1.165, 1.54) is 0 Å². The average molecular weight is 195 g/mol. The van der Waals surface area contributed by atoms with Gasteiger partial charge in [0, 0.05) is 12.1 Å². The van der Waals surface area contributed by atoms with Crippen molar-refractivity contribution in [2.45, 2.75) is 6.54 Å². The third-order valence-electron chi connectivity index (χ3n) is 1.86. The second-order valence-corrected chi connectivity index (χ2v) is 2.68. The Hall–Kier alpha value is -1.71. The van der Waals surface area contributed by atoms with Gasteiger partial charge in [0.25, 0.3) is 0 Å². The molecule has 1 amide bonds. The van der Waals surface area contributed by atoms with E-state index in [9.17, 15) is 4.79 Å². The van der Waals surface area contributed by atoms with Crippen LogP contribution < -0.4 is 14.8 Å². The monoisotopic (exact) mass is 195 g/mol. The third kappa shape index (κ3) is 2.39. The molecule has 0 aliphatic rings. The SMILES string of the molecule is COc1ccc(OC)c(CNC=O)c1. The summed E-state index contributed by atoms with van der Waals surface area (Å²) in [5.41, 5.74) is 0.888. The van der Waals surface area contributed by atoms with E-state index in [4.69, 9.17) is 9.47 Å². The molecule has 1 rings (SSSR count). The van der Waals surface area contributed by atoms with Crippen molar-refractivity contribution in [3.63, 3.8) is 0 Å². The summed E-state index contributed by atoms with van der Waals surface area (Å²) < 4.78 is 10.2. The number of carbonyl (C=O) groups is 1. The summed E-state index contributed by atoms with van der Waals surface area (Å²) in [4.78, 5) is 10.1. The van der Waals surface area contributed by atoms with E-state index in [0.29, 0.717) is 13.0 Å². The highest BCUT2D eigenvalue weighted by atomic mass is 16.5. The lowest BCUT2D eigenvalue weighted by atomic mass is 10.2. The van der Waals surface area contributed by atoms with Crippen molar-refractivity contribution >= 4 is 6.41 Å². The van der Waals surface area contributed by atoms with Gasteiger partial charge in [-0.1, -0.05) is 0 Å². The summed E-state index contributed by atoms with van der Waals surface area (Å²) in [5.74, 6) is 1.48. The number of rotatable bonds is 5. The van der Waals surface area contributed by atoms with Gasteiger partial charge in [0.1, 0.15) is 11.5 Å². The number of carbonyl (C=O) groups excluding carboxylic acids is 1. The van der Waals surface area contributed by atoms with Gasteiger partial charge in [-0.3, -0.25) is 4.79 Å². The summed E-state index contributed by atoms with van der Waals surface area (Å²) in [6.07, 6.45) is 0.652. The van der Waals surface area contributed by atoms with Gasteiger partial charge in [-0.05, 0) is 18.2 Å². The molecule has 0 unspecified atom stereocenters. The average Bonchev–Trinajstić information content (AvgIpc) is 2.25. The number of methoxy groups -OCH3 is 2. The summed E-state index contributed by atoms with van der Waals surface area (Å²) in [7, 11) is 3.19. The summed E-state index contributed by atoms with van der Waals surface area (Å²) in [6, 6.07) is 5.44. The van der Waals surface area contributed by atoms with Crippen LogP contribution in [-0.4, -0.2) is 20.6 Å². The first kappa shape index (κ1) is 10.4. The first-order valence-electron chi connectivity index (χ1n) is 4.19. The van der Waals surface area contributed by atoms with Crippen LogP contribution in [0.2, 0.25) is 0 Å². The van der Waals surface area contributed by atoms with Gasteiger partial charge >= 0.3 is 0 Å². The van der Waals surface area contributed by atoms with Gasteiger partial charge in [-0.25, -0.2) is 0 Å². The Bertz CT molecular complexity index is 312.